The summed E-state index contributed by atoms with van der Waals surface area (Å²) in [6.07, 6.45) is 5.88. The lowest BCUT2D eigenvalue weighted by molar-refractivity contribution is -0.121. The third kappa shape index (κ3) is 3.08. The number of H-pyrrole nitrogens is 1. The van der Waals surface area contributed by atoms with Crippen molar-refractivity contribution >= 4 is 29.1 Å². The van der Waals surface area contributed by atoms with E-state index < -0.39 is 0 Å². The van der Waals surface area contributed by atoms with E-state index in [1.54, 1.807) is 6.20 Å². The first-order valence-electron chi connectivity index (χ1n) is 7.54. The number of aryl methyl sites for hydroxylation is 1. The van der Waals surface area contributed by atoms with Crippen molar-refractivity contribution in [2.75, 3.05) is 5.75 Å². The summed E-state index contributed by atoms with van der Waals surface area (Å²) < 4.78 is 0. The molecule has 0 unspecified atom stereocenters. The molecule has 0 spiro atoms. The van der Waals surface area contributed by atoms with E-state index in [0.29, 0.717) is 16.6 Å². The smallest absolute Gasteiger partial charge is 0.165 e. The Bertz CT molecular complexity index is 660. The van der Waals surface area contributed by atoms with Crippen LogP contribution in [-0.2, 0) is 10.2 Å². The number of imidazole rings is 1. The first kappa shape index (κ1) is 15.6. The Morgan fingerprint density at radius 3 is 2.59 bits per heavy atom. The Balaban J connectivity index is 1.78. The van der Waals surface area contributed by atoms with Crippen molar-refractivity contribution in [1.29, 1.82) is 0 Å². The van der Waals surface area contributed by atoms with E-state index in [1.807, 2.05) is 31.2 Å². The third-order valence-electron chi connectivity index (χ3n) is 4.41. The maximum Gasteiger partial charge on any atom is 0.165 e. The fraction of sp³-hybridized carbons (Fsp3) is 0.412. The molecule has 0 amide bonds. The molecule has 22 heavy (non-hydrogen) atoms. The summed E-state index contributed by atoms with van der Waals surface area (Å²) in [4.78, 5) is 20.4. The molecular formula is C17H19ClN2OS. The molecule has 1 aromatic heterocycles. The topological polar surface area (TPSA) is 45.8 Å². The van der Waals surface area contributed by atoms with Gasteiger partial charge in [-0.05, 0) is 37.5 Å². The molecule has 1 aliphatic carbocycles. The van der Waals surface area contributed by atoms with E-state index >= 15 is 0 Å². The van der Waals surface area contributed by atoms with Crippen LogP contribution in [0.5, 0.6) is 0 Å². The molecule has 0 bridgehead atoms. The maximum atomic E-state index is 12.9. The summed E-state index contributed by atoms with van der Waals surface area (Å²) in [7, 11) is 0. The van der Waals surface area contributed by atoms with Crippen LogP contribution < -0.4 is 0 Å². The number of nitrogens with zero attached hydrogens (tertiary/aromatic N) is 1. The van der Waals surface area contributed by atoms with Gasteiger partial charge in [-0.3, -0.25) is 4.79 Å². The number of aromatic amines is 1. The Kier molecular flexibility index (Phi) is 4.59. The van der Waals surface area contributed by atoms with Crippen molar-refractivity contribution in [3.8, 4) is 0 Å². The van der Waals surface area contributed by atoms with Gasteiger partial charge in [0.05, 0.1) is 11.2 Å². The van der Waals surface area contributed by atoms with Gasteiger partial charge < -0.3 is 4.98 Å². The molecule has 116 valence electrons. The predicted molar refractivity (Wildman–Crippen MR) is 90.7 cm³/mol. The minimum Gasteiger partial charge on any atom is -0.337 e. The first-order valence-corrected chi connectivity index (χ1v) is 8.90. The molecule has 0 atom stereocenters. The van der Waals surface area contributed by atoms with Gasteiger partial charge in [0.1, 0.15) is 0 Å². The Morgan fingerprint density at radius 1 is 1.32 bits per heavy atom. The van der Waals surface area contributed by atoms with Crippen LogP contribution in [0.25, 0.3) is 0 Å². The fourth-order valence-corrected chi connectivity index (χ4v) is 4.24. The van der Waals surface area contributed by atoms with Crippen molar-refractivity contribution in [2.24, 2.45) is 0 Å². The molecule has 1 saturated carbocycles. The molecule has 1 aliphatic rings. The van der Waals surface area contributed by atoms with Gasteiger partial charge in [0.15, 0.2) is 10.9 Å². The number of hydrogen-bond donors (Lipinski definition) is 1. The monoisotopic (exact) mass is 334 g/mol. The summed E-state index contributed by atoms with van der Waals surface area (Å²) in [6.45, 7) is 1.96. The average molecular weight is 335 g/mol. The van der Waals surface area contributed by atoms with Crippen LogP contribution in [0, 0.1) is 6.92 Å². The Labute approximate surface area is 139 Å². The third-order valence-corrected chi connectivity index (χ3v) is 5.55. The molecule has 1 N–H and O–H groups in total. The predicted octanol–water partition coefficient (Wildman–Crippen LogP) is 4.54. The van der Waals surface area contributed by atoms with E-state index in [2.05, 4.69) is 9.97 Å². The van der Waals surface area contributed by atoms with Crippen molar-refractivity contribution in [1.82, 2.24) is 9.97 Å². The number of aromatic nitrogens is 2. The Morgan fingerprint density at radius 2 is 2.00 bits per heavy atom. The number of ketones is 1. The minimum absolute atomic E-state index is 0.298. The zero-order chi connectivity index (χ0) is 15.6. The largest absolute Gasteiger partial charge is 0.337 e. The highest BCUT2D eigenvalue weighted by Crippen LogP contribution is 2.43. The zero-order valence-corrected chi connectivity index (χ0v) is 14.1. The van der Waals surface area contributed by atoms with Crippen LogP contribution in [-0.4, -0.2) is 21.5 Å². The second kappa shape index (κ2) is 6.47. The maximum absolute atomic E-state index is 12.9. The lowest BCUT2D eigenvalue weighted by Crippen LogP contribution is -2.34. The number of nitrogens with one attached hydrogen (secondary N) is 1. The second-order valence-electron chi connectivity index (χ2n) is 5.88. The van der Waals surface area contributed by atoms with E-state index in [1.165, 1.54) is 11.8 Å². The summed E-state index contributed by atoms with van der Waals surface area (Å²) in [5, 5.41) is 1.53. The molecular weight excluding hydrogens is 316 g/mol. The van der Waals surface area contributed by atoms with Gasteiger partial charge in [0.25, 0.3) is 0 Å². The summed E-state index contributed by atoms with van der Waals surface area (Å²) in [5.74, 6) is 0.752. The zero-order valence-electron chi connectivity index (χ0n) is 12.6. The van der Waals surface area contributed by atoms with Gasteiger partial charge in [0.2, 0.25) is 0 Å². The lowest BCUT2D eigenvalue weighted by atomic mass is 9.76. The molecule has 2 aromatic rings. The van der Waals surface area contributed by atoms with Crippen molar-refractivity contribution in [2.45, 2.75) is 43.2 Å². The van der Waals surface area contributed by atoms with Crippen LogP contribution in [0.15, 0.2) is 35.6 Å². The number of rotatable bonds is 5. The summed E-state index contributed by atoms with van der Waals surface area (Å²) >= 11 is 7.48. The Hall–Kier alpha value is -1.26. The number of hydrogen-bond acceptors (Lipinski definition) is 3. The number of halogens is 1. The highest BCUT2D eigenvalue weighted by Gasteiger charge is 2.41. The van der Waals surface area contributed by atoms with E-state index in [4.69, 9.17) is 11.6 Å². The van der Waals surface area contributed by atoms with Gasteiger partial charge >= 0.3 is 0 Å². The number of Topliss-reactive ketones (excluding diaryl/α,β-unsaturated/α-hetero) is 1. The standard InChI is InChI=1S/C17H19ClN2OS/c1-12-10-19-16(20-12)22-11-15(21)17(8-2-3-9-17)13-4-6-14(18)7-5-13/h4-7,10H,2-3,8-9,11H2,1H3,(H,19,20). The van der Waals surface area contributed by atoms with Crippen LogP contribution in [0.1, 0.15) is 36.9 Å². The van der Waals surface area contributed by atoms with Gasteiger partial charge in [-0.25, -0.2) is 4.98 Å². The molecule has 3 nitrogen and oxygen atoms in total. The minimum atomic E-state index is -0.334. The number of carbonyl (C=O) groups is 1. The number of carbonyl (C=O) groups excluding carboxylic acids is 1. The fourth-order valence-electron chi connectivity index (χ4n) is 3.21. The van der Waals surface area contributed by atoms with E-state index in [-0.39, 0.29) is 5.41 Å². The molecule has 1 aromatic carbocycles. The second-order valence-corrected chi connectivity index (χ2v) is 7.28. The highest BCUT2D eigenvalue weighted by molar-refractivity contribution is 7.99. The van der Waals surface area contributed by atoms with Gasteiger partial charge in [-0.1, -0.05) is 48.3 Å². The molecule has 1 heterocycles. The van der Waals surface area contributed by atoms with Gasteiger partial charge in [0, 0.05) is 16.9 Å². The van der Waals surface area contributed by atoms with Crippen molar-refractivity contribution < 1.29 is 4.79 Å². The van der Waals surface area contributed by atoms with Crippen LogP contribution >= 0.6 is 23.4 Å². The summed E-state index contributed by atoms with van der Waals surface area (Å²) in [6, 6.07) is 7.78. The van der Waals surface area contributed by atoms with Crippen molar-refractivity contribution in [3.63, 3.8) is 0 Å². The molecule has 0 saturated heterocycles. The highest BCUT2D eigenvalue weighted by atomic mass is 35.5. The van der Waals surface area contributed by atoms with Gasteiger partial charge in [-0.2, -0.15) is 0 Å². The normalized spacial score (nSPS) is 16.8. The molecule has 0 radical (unpaired) electrons. The van der Waals surface area contributed by atoms with Crippen LogP contribution in [0.3, 0.4) is 0 Å². The number of benzene rings is 1. The van der Waals surface area contributed by atoms with E-state index in [9.17, 15) is 4.79 Å². The van der Waals surface area contributed by atoms with E-state index in [0.717, 1.165) is 42.1 Å². The van der Waals surface area contributed by atoms with Gasteiger partial charge in [-0.15, -0.1) is 0 Å². The quantitative estimate of drug-likeness (QED) is 0.816. The molecule has 0 aliphatic heterocycles. The van der Waals surface area contributed by atoms with Crippen LogP contribution in [0.4, 0.5) is 0 Å². The molecule has 1 fully saturated rings. The summed E-state index contributed by atoms with van der Waals surface area (Å²) in [5.41, 5.74) is 1.79. The number of thioether (sulfide) groups is 1. The SMILES string of the molecule is Cc1cnc(SCC(=O)C2(c3ccc(Cl)cc3)CCCC2)[nH]1. The first-order chi connectivity index (χ1) is 10.6. The van der Waals surface area contributed by atoms with Crippen molar-refractivity contribution in [3.05, 3.63) is 46.7 Å². The average Bonchev–Trinajstić information content (AvgIpc) is 3.15. The lowest BCUT2D eigenvalue weighted by Gasteiger charge is -2.28. The molecule has 3 rings (SSSR count). The van der Waals surface area contributed by atoms with Crippen LogP contribution in [0.2, 0.25) is 5.02 Å². The molecule has 5 heteroatoms.